The summed E-state index contributed by atoms with van der Waals surface area (Å²) in [6.07, 6.45) is 0. The summed E-state index contributed by atoms with van der Waals surface area (Å²) in [6.45, 7) is 0. The van der Waals surface area contributed by atoms with Gasteiger partial charge in [0, 0.05) is 33.0 Å². The second kappa shape index (κ2) is 13.5. The lowest BCUT2D eigenvalue weighted by Gasteiger charge is -2.12. The van der Waals surface area contributed by atoms with Gasteiger partial charge in [-0.2, -0.15) is 0 Å². The van der Waals surface area contributed by atoms with Crippen molar-refractivity contribution < 1.29 is 4.42 Å². The number of rotatable bonds is 6. The van der Waals surface area contributed by atoms with Crippen LogP contribution in [-0.2, 0) is 0 Å². The Morgan fingerprint density at radius 3 is 1.53 bits per heavy atom. The number of aromatic nitrogens is 4. The average Bonchev–Trinajstić information content (AvgIpc) is 3.76. The predicted molar refractivity (Wildman–Crippen MR) is 233 cm³/mol. The van der Waals surface area contributed by atoms with Gasteiger partial charge < -0.3 is 4.42 Å². The first-order valence-electron chi connectivity index (χ1n) is 19.0. The molecule has 5 heteroatoms. The van der Waals surface area contributed by atoms with Crippen LogP contribution in [0.5, 0.6) is 0 Å². The van der Waals surface area contributed by atoms with Gasteiger partial charge >= 0.3 is 0 Å². The maximum absolute atomic E-state index is 6.71. The molecule has 0 saturated carbocycles. The zero-order valence-electron chi connectivity index (χ0n) is 30.7. The normalized spacial score (nSPS) is 11.5. The summed E-state index contributed by atoms with van der Waals surface area (Å²) < 4.78 is 6.71. The average molecular weight is 729 g/mol. The molecule has 0 amide bonds. The van der Waals surface area contributed by atoms with Crippen molar-refractivity contribution in [3.8, 4) is 67.9 Å². The van der Waals surface area contributed by atoms with Gasteiger partial charge in [-0.25, -0.2) is 19.9 Å². The fourth-order valence-electron chi connectivity index (χ4n) is 7.91. The van der Waals surface area contributed by atoms with Crippen molar-refractivity contribution in [1.29, 1.82) is 0 Å². The SMILES string of the molecule is c1ccc(-c2ccc3c4ccc(-c5nc(-c6ccccc6)nc(-c6ccc(-c7cccc8ccccc78)cc6)n5)cc4c4oc(-c5ccccc5)nc4c3c2)cc1. The smallest absolute Gasteiger partial charge is 0.227 e. The molecule has 266 valence electrons. The van der Waals surface area contributed by atoms with Gasteiger partial charge in [-0.3, -0.25) is 0 Å². The molecule has 0 N–H and O–H groups in total. The molecular weight excluding hydrogens is 697 g/mol. The van der Waals surface area contributed by atoms with Crippen molar-refractivity contribution >= 4 is 43.4 Å². The molecule has 0 saturated heterocycles. The minimum atomic E-state index is 0.578. The number of nitrogens with zero attached hydrogens (tertiary/aromatic N) is 4. The zero-order valence-corrected chi connectivity index (χ0v) is 30.7. The quantitative estimate of drug-likeness (QED) is 0.160. The monoisotopic (exact) mass is 728 g/mol. The molecule has 9 aromatic carbocycles. The molecule has 0 aliphatic rings. The third-order valence-electron chi connectivity index (χ3n) is 10.8. The van der Waals surface area contributed by atoms with E-state index in [0.29, 0.717) is 23.4 Å². The molecule has 0 atom stereocenters. The molecule has 0 fully saturated rings. The Balaban J connectivity index is 1.09. The van der Waals surface area contributed by atoms with E-state index in [9.17, 15) is 0 Å². The fourth-order valence-corrected chi connectivity index (χ4v) is 7.91. The first kappa shape index (κ1) is 32.7. The molecule has 11 rings (SSSR count). The molecule has 5 nitrogen and oxygen atoms in total. The highest BCUT2D eigenvalue weighted by Crippen LogP contribution is 2.41. The highest BCUT2D eigenvalue weighted by atomic mass is 16.3. The highest BCUT2D eigenvalue weighted by Gasteiger charge is 2.19. The van der Waals surface area contributed by atoms with E-state index in [1.54, 1.807) is 0 Å². The van der Waals surface area contributed by atoms with Crippen molar-refractivity contribution in [3.05, 3.63) is 194 Å². The Morgan fingerprint density at radius 2 is 0.807 bits per heavy atom. The van der Waals surface area contributed by atoms with E-state index < -0.39 is 0 Å². The van der Waals surface area contributed by atoms with E-state index in [1.807, 2.05) is 66.7 Å². The maximum Gasteiger partial charge on any atom is 0.227 e. The minimum absolute atomic E-state index is 0.578. The largest absolute Gasteiger partial charge is 0.435 e. The van der Waals surface area contributed by atoms with Gasteiger partial charge in [0.1, 0.15) is 5.52 Å². The summed E-state index contributed by atoms with van der Waals surface area (Å²) in [6, 6.07) is 67.0. The van der Waals surface area contributed by atoms with E-state index in [0.717, 1.165) is 71.6 Å². The first-order valence-corrected chi connectivity index (χ1v) is 19.0. The lowest BCUT2D eigenvalue weighted by Crippen LogP contribution is -2.00. The number of hydrogen-bond donors (Lipinski definition) is 0. The number of benzene rings is 9. The summed E-state index contributed by atoms with van der Waals surface area (Å²) in [7, 11) is 0. The third-order valence-corrected chi connectivity index (χ3v) is 10.8. The Kier molecular flexibility index (Phi) is 7.74. The van der Waals surface area contributed by atoms with Crippen molar-refractivity contribution in [2.45, 2.75) is 0 Å². The van der Waals surface area contributed by atoms with Crippen LogP contribution in [-0.4, -0.2) is 19.9 Å². The fraction of sp³-hybridized carbons (Fsp3) is 0. The zero-order chi connectivity index (χ0) is 37.7. The summed E-state index contributed by atoms with van der Waals surface area (Å²) in [4.78, 5) is 20.4. The van der Waals surface area contributed by atoms with Gasteiger partial charge in [0.05, 0.1) is 0 Å². The summed E-state index contributed by atoms with van der Waals surface area (Å²) in [5.41, 5.74) is 9.75. The van der Waals surface area contributed by atoms with Crippen LogP contribution < -0.4 is 0 Å². The van der Waals surface area contributed by atoms with Crippen molar-refractivity contribution in [3.63, 3.8) is 0 Å². The van der Waals surface area contributed by atoms with Crippen LogP contribution in [0.15, 0.2) is 199 Å². The second-order valence-electron chi connectivity index (χ2n) is 14.2. The summed E-state index contributed by atoms with van der Waals surface area (Å²) in [5, 5.41) is 6.59. The highest BCUT2D eigenvalue weighted by molar-refractivity contribution is 6.24. The lowest BCUT2D eigenvalue weighted by molar-refractivity contribution is 0.623. The number of fused-ring (bicyclic) bond motifs is 7. The predicted octanol–water partition coefficient (Wildman–Crippen LogP) is 13.5. The van der Waals surface area contributed by atoms with Crippen LogP contribution in [0.1, 0.15) is 0 Å². The van der Waals surface area contributed by atoms with Crippen LogP contribution in [0.25, 0.3) is 111 Å². The molecule has 11 aromatic rings. The Bertz CT molecular complexity index is 3260. The summed E-state index contributed by atoms with van der Waals surface area (Å²) >= 11 is 0. The van der Waals surface area contributed by atoms with Gasteiger partial charge in [-0.15, -0.1) is 0 Å². The van der Waals surface area contributed by atoms with Gasteiger partial charge in [0.15, 0.2) is 23.1 Å². The second-order valence-corrected chi connectivity index (χ2v) is 14.2. The van der Waals surface area contributed by atoms with Crippen molar-refractivity contribution in [2.75, 3.05) is 0 Å². The summed E-state index contributed by atoms with van der Waals surface area (Å²) in [5.74, 6) is 2.37. The minimum Gasteiger partial charge on any atom is -0.435 e. The van der Waals surface area contributed by atoms with E-state index >= 15 is 0 Å². The molecule has 2 heterocycles. The molecule has 0 radical (unpaired) electrons. The number of hydrogen-bond acceptors (Lipinski definition) is 5. The molecule has 0 unspecified atom stereocenters. The van der Waals surface area contributed by atoms with E-state index in [4.69, 9.17) is 24.4 Å². The van der Waals surface area contributed by atoms with Crippen LogP contribution in [0, 0.1) is 0 Å². The number of oxazole rings is 1. The standard InChI is InChI=1S/C52H32N4O/c1-4-13-33(14-5-1)39-27-29-43-44-30-28-40(32-46(44)48-47(45(43)31-39)53-52(57-48)38-18-8-3-9-19-38)51-55-49(36-16-6-2-7-17-36)54-50(56-51)37-25-23-35(24-26-37)42-22-12-20-34-15-10-11-21-41(34)42/h1-32H. The molecule has 0 bridgehead atoms. The molecular formula is C52H32N4O. The Labute approximate surface area is 328 Å². The van der Waals surface area contributed by atoms with E-state index in [-0.39, 0.29) is 0 Å². The van der Waals surface area contributed by atoms with Gasteiger partial charge in [0.25, 0.3) is 0 Å². The molecule has 0 aliphatic heterocycles. The van der Waals surface area contributed by atoms with E-state index in [1.165, 1.54) is 16.3 Å². The van der Waals surface area contributed by atoms with Crippen LogP contribution >= 0.6 is 0 Å². The maximum atomic E-state index is 6.71. The first-order chi connectivity index (χ1) is 28.2. The van der Waals surface area contributed by atoms with Crippen molar-refractivity contribution in [2.24, 2.45) is 0 Å². The lowest BCUT2D eigenvalue weighted by atomic mass is 9.95. The molecule has 2 aromatic heterocycles. The van der Waals surface area contributed by atoms with Gasteiger partial charge in [-0.1, -0.05) is 170 Å². The Morgan fingerprint density at radius 1 is 0.298 bits per heavy atom. The molecule has 0 aliphatic carbocycles. The van der Waals surface area contributed by atoms with Crippen LogP contribution in [0.2, 0.25) is 0 Å². The third kappa shape index (κ3) is 5.81. The Hall–Kier alpha value is -7.76. The van der Waals surface area contributed by atoms with Gasteiger partial charge in [-0.05, 0) is 68.1 Å². The van der Waals surface area contributed by atoms with Crippen LogP contribution in [0.4, 0.5) is 0 Å². The van der Waals surface area contributed by atoms with E-state index in [2.05, 4.69) is 127 Å². The molecule has 0 spiro atoms. The van der Waals surface area contributed by atoms with Crippen molar-refractivity contribution in [1.82, 2.24) is 19.9 Å². The van der Waals surface area contributed by atoms with Gasteiger partial charge in [0.2, 0.25) is 5.89 Å². The topological polar surface area (TPSA) is 64.7 Å². The molecule has 57 heavy (non-hydrogen) atoms. The van der Waals surface area contributed by atoms with Crippen LogP contribution in [0.3, 0.4) is 0 Å².